The second kappa shape index (κ2) is 7.67. The van der Waals surface area contributed by atoms with Crippen LogP contribution in [0.2, 0.25) is 0 Å². The van der Waals surface area contributed by atoms with Gasteiger partial charge in [-0.2, -0.15) is 0 Å². The van der Waals surface area contributed by atoms with Crippen LogP contribution in [0.3, 0.4) is 0 Å². The summed E-state index contributed by atoms with van der Waals surface area (Å²) >= 11 is 3.26. The third-order valence-corrected chi connectivity index (χ3v) is 4.95. The lowest BCUT2D eigenvalue weighted by Crippen LogP contribution is -2.14. The van der Waals surface area contributed by atoms with Crippen molar-refractivity contribution in [3.05, 3.63) is 52.5 Å². The van der Waals surface area contributed by atoms with E-state index in [1.54, 1.807) is 19.1 Å². The van der Waals surface area contributed by atoms with Crippen molar-refractivity contribution < 1.29 is 22.7 Å². The highest BCUT2D eigenvalue weighted by Gasteiger charge is 2.20. The van der Waals surface area contributed by atoms with Gasteiger partial charge in [0.2, 0.25) is 0 Å². The van der Waals surface area contributed by atoms with Gasteiger partial charge in [-0.05, 0) is 49.4 Å². The number of anilines is 1. The summed E-state index contributed by atoms with van der Waals surface area (Å²) in [7, 11) is -2.57. The Kier molecular flexibility index (Phi) is 5.84. The maximum atomic E-state index is 12.6. The highest BCUT2D eigenvalue weighted by Crippen LogP contribution is 2.29. The quantitative estimate of drug-likeness (QED) is 0.733. The Balaban J connectivity index is 2.31. The number of nitrogens with one attached hydrogen (secondary N) is 1. The molecule has 0 aliphatic rings. The number of carbonyl (C=O) groups is 1. The number of benzene rings is 2. The van der Waals surface area contributed by atoms with Crippen LogP contribution in [0.5, 0.6) is 5.75 Å². The summed E-state index contributed by atoms with van der Waals surface area (Å²) in [4.78, 5) is 11.4. The maximum absolute atomic E-state index is 12.6. The fourth-order valence-corrected chi connectivity index (χ4v) is 3.71. The maximum Gasteiger partial charge on any atom is 0.337 e. The van der Waals surface area contributed by atoms with E-state index in [2.05, 4.69) is 25.4 Å². The molecule has 0 heterocycles. The number of ether oxygens (including phenoxy) is 2. The van der Waals surface area contributed by atoms with Crippen LogP contribution in [-0.2, 0) is 14.8 Å². The molecule has 0 radical (unpaired) electrons. The molecule has 0 aromatic heterocycles. The highest BCUT2D eigenvalue weighted by atomic mass is 79.9. The van der Waals surface area contributed by atoms with E-state index in [9.17, 15) is 13.2 Å². The molecule has 1 N–H and O–H groups in total. The van der Waals surface area contributed by atoms with Gasteiger partial charge >= 0.3 is 5.97 Å². The van der Waals surface area contributed by atoms with Gasteiger partial charge in [0.1, 0.15) is 10.6 Å². The minimum Gasteiger partial charge on any atom is -0.492 e. The van der Waals surface area contributed by atoms with Crippen molar-refractivity contribution in [2.45, 2.75) is 11.8 Å². The molecule has 0 amide bonds. The van der Waals surface area contributed by atoms with E-state index >= 15 is 0 Å². The standard InChI is InChI=1S/C16H16BrNO5S/c1-3-23-14-9-6-12(17)10-15(14)24(20,21)18-13-7-4-11(5-8-13)16(19)22-2/h4-10,18H,3H2,1-2H3. The molecule has 0 saturated carbocycles. The average Bonchev–Trinajstić information content (AvgIpc) is 2.56. The van der Waals surface area contributed by atoms with Crippen molar-refractivity contribution in [3.8, 4) is 5.75 Å². The van der Waals surface area contributed by atoms with Gasteiger partial charge in [0, 0.05) is 10.2 Å². The second-order valence-electron chi connectivity index (χ2n) is 4.70. The Morgan fingerprint density at radius 3 is 2.42 bits per heavy atom. The third-order valence-electron chi connectivity index (χ3n) is 3.05. The van der Waals surface area contributed by atoms with Crippen LogP contribution in [-0.4, -0.2) is 28.1 Å². The predicted octanol–water partition coefficient (Wildman–Crippen LogP) is 3.44. The molecule has 0 unspecified atom stereocenters. The SMILES string of the molecule is CCOc1ccc(Br)cc1S(=O)(=O)Nc1ccc(C(=O)OC)cc1. The second-order valence-corrected chi connectivity index (χ2v) is 7.27. The first kappa shape index (κ1) is 18.3. The number of esters is 1. The lowest BCUT2D eigenvalue weighted by Gasteiger charge is -2.13. The molecule has 0 aliphatic carbocycles. The third kappa shape index (κ3) is 4.27. The summed E-state index contributed by atoms with van der Waals surface area (Å²) in [6, 6.07) is 10.7. The van der Waals surface area contributed by atoms with Gasteiger partial charge in [-0.25, -0.2) is 13.2 Å². The van der Waals surface area contributed by atoms with E-state index in [0.29, 0.717) is 22.3 Å². The Morgan fingerprint density at radius 1 is 1.17 bits per heavy atom. The first-order chi connectivity index (χ1) is 11.4. The lowest BCUT2D eigenvalue weighted by molar-refractivity contribution is 0.0601. The zero-order valence-corrected chi connectivity index (χ0v) is 15.5. The van der Waals surface area contributed by atoms with Crippen LogP contribution in [0.25, 0.3) is 0 Å². The molecule has 2 rings (SSSR count). The van der Waals surface area contributed by atoms with Crippen LogP contribution in [0.15, 0.2) is 51.8 Å². The van der Waals surface area contributed by atoms with E-state index in [-0.39, 0.29) is 10.6 Å². The summed E-state index contributed by atoms with van der Waals surface area (Å²) < 4.78 is 38.3. The molecule has 0 saturated heterocycles. The van der Waals surface area contributed by atoms with Gasteiger partial charge in [0.05, 0.1) is 19.3 Å². The molecule has 8 heteroatoms. The van der Waals surface area contributed by atoms with Crippen molar-refractivity contribution in [2.75, 3.05) is 18.4 Å². The number of sulfonamides is 1. The average molecular weight is 414 g/mol. The molecule has 24 heavy (non-hydrogen) atoms. The first-order valence-electron chi connectivity index (χ1n) is 7.01. The smallest absolute Gasteiger partial charge is 0.337 e. The van der Waals surface area contributed by atoms with E-state index in [4.69, 9.17) is 4.74 Å². The summed E-state index contributed by atoms with van der Waals surface area (Å²) in [6.07, 6.45) is 0. The van der Waals surface area contributed by atoms with Gasteiger partial charge in [0.15, 0.2) is 0 Å². The van der Waals surface area contributed by atoms with E-state index in [1.165, 1.54) is 37.4 Å². The predicted molar refractivity (Wildman–Crippen MR) is 93.9 cm³/mol. The number of carbonyl (C=O) groups excluding carboxylic acids is 1. The lowest BCUT2D eigenvalue weighted by atomic mass is 10.2. The molecule has 0 atom stereocenters. The van der Waals surface area contributed by atoms with Crippen molar-refractivity contribution in [3.63, 3.8) is 0 Å². The van der Waals surface area contributed by atoms with Gasteiger partial charge in [-0.1, -0.05) is 15.9 Å². The van der Waals surface area contributed by atoms with Crippen molar-refractivity contribution in [1.82, 2.24) is 0 Å². The van der Waals surface area contributed by atoms with Gasteiger partial charge in [-0.15, -0.1) is 0 Å². The van der Waals surface area contributed by atoms with Crippen LogP contribution < -0.4 is 9.46 Å². The molecule has 0 spiro atoms. The van der Waals surface area contributed by atoms with Crippen LogP contribution >= 0.6 is 15.9 Å². The highest BCUT2D eigenvalue weighted by molar-refractivity contribution is 9.10. The summed E-state index contributed by atoms with van der Waals surface area (Å²) in [5.74, 6) is -0.227. The van der Waals surface area contributed by atoms with Crippen molar-refractivity contribution >= 4 is 37.6 Å². The zero-order chi connectivity index (χ0) is 17.7. The summed E-state index contributed by atoms with van der Waals surface area (Å²) in [5, 5.41) is 0. The molecule has 0 bridgehead atoms. The van der Waals surface area contributed by atoms with Crippen molar-refractivity contribution in [2.24, 2.45) is 0 Å². The number of hydrogen-bond acceptors (Lipinski definition) is 5. The molecule has 2 aromatic carbocycles. The molecule has 2 aromatic rings. The Hall–Kier alpha value is -2.06. The number of methoxy groups -OCH3 is 1. The van der Waals surface area contributed by atoms with Crippen LogP contribution in [0.1, 0.15) is 17.3 Å². The van der Waals surface area contributed by atoms with Crippen LogP contribution in [0, 0.1) is 0 Å². The first-order valence-corrected chi connectivity index (χ1v) is 9.28. The molecule has 0 aliphatic heterocycles. The number of rotatable bonds is 6. The minimum absolute atomic E-state index is 0.0239. The molecule has 128 valence electrons. The number of halogens is 1. The monoisotopic (exact) mass is 413 g/mol. The zero-order valence-electron chi connectivity index (χ0n) is 13.1. The van der Waals surface area contributed by atoms with Gasteiger partial charge < -0.3 is 9.47 Å². The molecule has 0 fully saturated rings. The Morgan fingerprint density at radius 2 is 1.83 bits per heavy atom. The van der Waals surface area contributed by atoms with Crippen LogP contribution in [0.4, 0.5) is 5.69 Å². The van der Waals surface area contributed by atoms with E-state index < -0.39 is 16.0 Å². The fourth-order valence-electron chi connectivity index (χ4n) is 1.97. The summed E-state index contributed by atoms with van der Waals surface area (Å²) in [5.41, 5.74) is 0.656. The molecular weight excluding hydrogens is 398 g/mol. The fraction of sp³-hybridized carbons (Fsp3) is 0.188. The Labute approximate surface area is 149 Å². The van der Waals surface area contributed by atoms with Gasteiger partial charge in [-0.3, -0.25) is 4.72 Å². The summed E-state index contributed by atoms with van der Waals surface area (Å²) in [6.45, 7) is 2.12. The normalized spacial score (nSPS) is 11.0. The Bertz CT molecular complexity index is 834. The minimum atomic E-state index is -3.85. The van der Waals surface area contributed by atoms with E-state index in [1.807, 2.05) is 0 Å². The molecular formula is C16H16BrNO5S. The van der Waals surface area contributed by atoms with E-state index in [0.717, 1.165) is 0 Å². The largest absolute Gasteiger partial charge is 0.492 e. The topological polar surface area (TPSA) is 81.7 Å². The molecule has 6 nitrogen and oxygen atoms in total. The van der Waals surface area contributed by atoms with Crippen molar-refractivity contribution in [1.29, 1.82) is 0 Å². The number of hydrogen-bond donors (Lipinski definition) is 1. The van der Waals surface area contributed by atoms with Gasteiger partial charge in [0.25, 0.3) is 10.0 Å².